The minimum Gasteiger partial charge on any atom is -0.462 e. The fraction of sp³-hybridized carbons (Fsp3) is 0.409. The lowest BCUT2D eigenvalue weighted by Gasteiger charge is -2.31. The number of fused-ring (bicyclic) bond motifs is 3. The van der Waals surface area contributed by atoms with E-state index in [1.165, 1.54) is 29.6 Å². The van der Waals surface area contributed by atoms with Crippen LogP contribution in [0, 0.1) is 6.92 Å². The van der Waals surface area contributed by atoms with Crippen molar-refractivity contribution in [2.45, 2.75) is 57.2 Å². The highest BCUT2D eigenvalue weighted by molar-refractivity contribution is 5.86. The third-order valence-electron chi connectivity index (χ3n) is 5.75. The fourth-order valence-corrected chi connectivity index (χ4v) is 4.54. The van der Waals surface area contributed by atoms with E-state index in [0.717, 1.165) is 30.5 Å². The standard InChI is InChI=1S/C22H24N2O2/c1-14-9-16(7-8-23-14)20-4-2-3-15-10-22(25-13-21(15)20)26-19-11-17-5-6-18(12-19)24-17/h3-4,7-10,13,17-19,24H,2,5-6,11-12H2,1H3/t17-,18+,19?. The van der Waals surface area contributed by atoms with Crippen molar-refractivity contribution in [3.63, 3.8) is 0 Å². The maximum atomic E-state index is 6.21. The Kier molecular flexibility index (Phi) is 3.93. The largest absolute Gasteiger partial charge is 0.462 e. The molecule has 3 atom stereocenters. The van der Waals surface area contributed by atoms with Crippen LogP contribution in [-0.2, 0) is 9.47 Å². The second kappa shape index (κ2) is 6.44. The van der Waals surface area contributed by atoms with Gasteiger partial charge in [0.15, 0.2) is 0 Å². The van der Waals surface area contributed by atoms with Crippen molar-refractivity contribution < 1.29 is 9.47 Å². The van der Waals surface area contributed by atoms with E-state index in [-0.39, 0.29) is 6.10 Å². The Morgan fingerprint density at radius 3 is 2.81 bits per heavy atom. The van der Waals surface area contributed by atoms with Crippen molar-refractivity contribution in [3.05, 3.63) is 71.2 Å². The Morgan fingerprint density at radius 2 is 2.00 bits per heavy atom. The predicted octanol–water partition coefficient (Wildman–Crippen LogP) is 4.16. The summed E-state index contributed by atoms with van der Waals surface area (Å²) in [5.41, 5.74) is 5.74. The van der Waals surface area contributed by atoms with Gasteiger partial charge in [-0.15, -0.1) is 0 Å². The second-order valence-electron chi connectivity index (χ2n) is 7.66. The molecule has 2 saturated heterocycles. The molecule has 0 amide bonds. The number of hydrogen-bond donors (Lipinski definition) is 1. The van der Waals surface area contributed by atoms with Gasteiger partial charge in [-0.25, -0.2) is 0 Å². The van der Waals surface area contributed by atoms with Gasteiger partial charge in [-0.2, -0.15) is 0 Å². The van der Waals surface area contributed by atoms with Crippen LogP contribution in [0.25, 0.3) is 5.57 Å². The molecule has 1 aromatic heterocycles. The monoisotopic (exact) mass is 348 g/mol. The van der Waals surface area contributed by atoms with Crippen molar-refractivity contribution in [3.8, 4) is 0 Å². The van der Waals surface area contributed by atoms with Crippen molar-refractivity contribution >= 4 is 5.57 Å². The number of nitrogens with one attached hydrogen (secondary N) is 1. The minimum atomic E-state index is 0.261. The molecule has 0 spiro atoms. The Balaban J connectivity index is 1.32. The van der Waals surface area contributed by atoms with Crippen LogP contribution in [0.5, 0.6) is 0 Å². The summed E-state index contributed by atoms with van der Waals surface area (Å²) in [6.45, 7) is 2.02. The van der Waals surface area contributed by atoms with Crippen molar-refractivity contribution in [1.29, 1.82) is 0 Å². The topological polar surface area (TPSA) is 43.4 Å². The van der Waals surface area contributed by atoms with Crippen LogP contribution < -0.4 is 5.32 Å². The van der Waals surface area contributed by atoms with E-state index in [2.05, 4.69) is 40.7 Å². The number of aromatic nitrogens is 1. The van der Waals surface area contributed by atoms with Crippen LogP contribution in [0.15, 0.2) is 59.9 Å². The van der Waals surface area contributed by atoms with Gasteiger partial charge in [0.2, 0.25) is 0 Å². The molecular formula is C22H24N2O2. The first kappa shape index (κ1) is 15.9. The minimum absolute atomic E-state index is 0.261. The van der Waals surface area contributed by atoms with Crippen LogP contribution in [0.3, 0.4) is 0 Å². The van der Waals surface area contributed by atoms with Gasteiger partial charge < -0.3 is 14.8 Å². The second-order valence-corrected chi connectivity index (χ2v) is 7.66. The Bertz CT molecular complexity index is 837. The number of rotatable bonds is 3. The van der Waals surface area contributed by atoms with Crippen molar-refractivity contribution in [1.82, 2.24) is 10.3 Å². The quantitative estimate of drug-likeness (QED) is 0.891. The van der Waals surface area contributed by atoms with Crippen molar-refractivity contribution in [2.24, 2.45) is 0 Å². The normalized spacial score (nSPS) is 29.7. The number of nitrogens with zero attached hydrogens (tertiary/aromatic N) is 1. The Hall–Kier alpha value is -2.33. The van der Waals surface area contributed by atoms with E-state index in [1.54, 1.807) is 0 Å². The molecule has 1 aliphatic carbocycles. The number of ether oxygens (including phenoxy) is 2. The molecule has 4 aliphatic rings. The molecular weight excluding hydrogens is 324 g/mol. The van der Waals surface area contributed by atoms with Gasteiger partial charge in [0.05, 0.1) is 0 Å². The predicted molar refractivity (Wildman–Crippen MR) is 101 cm³/mol. The Morgan fingerprint density at radius 1 is 1.15 bits per heavy atom. The van der Waals surface area contributed by atoms with Crippen LogP contribution >= 0.6 is 0 Å². The highest BCUT2D eigenvalue weighted by Gasteiger charge is 2.35. The van der Waals surface area contributed by atoms with E-state index in [9.17, 15) is 0 Å². The molecule has 26 heavy (non-hydrogen) atoms. The molecule has 0 radical (unpaired) electrons. The van der Waals surface area contributed by atoms with E-state index < -0.39 is 0 Å². The first-order valence-corrected chi connectivity index (χ1v) is 9.60. The highest BCUT2D eigenvalue weighted by atomic mass is 16.7. The molecule has 4 heterocycles. The molecule has 4 heteroatoms. The molecule has 1 aromatic rings. The molecule has 0 aromatic carbocycles. The summed E-state index contributed by atoms with van der Waals surface area (Å²) in [4.78, 5) is 4.30. The lowest BCUT2D eigenvalue weighted by atomic mass is 9.87. The van der Waals surface area contributed by atoms with Crippen LogP contribution in [0.2, 0.25) is 0 Å². The molecule has 134 valence electrons. The van der Waals surface area contributed by atoms with E-state index in [4.69, 9.17) is 9.47 Å². The fourth-order valence-electron chi connectivity index (χ4n) is 4.54. The van der Waals surface area contributed by atoms with E-state index in [0.29, 0.717) is 18.0 Å². The average Bonchev–Trinajstić information content (AvgIpc) is 2.99. The van der Waals surface area contributed by atoms with Gasteiger partial charge in [0, 0.05) is 35.6 Å². The summed E-state index contributed by atoms with van der Waals surface area (Å²) in [7, 11) is 0. The molecule has 0 saturated carbocycles. The van der Waals surface area contributed by atoms with Crippen LogP contribution in [0.1, 0.15) is 43.4 Å². The molecule has 1 unspecified atom stereocenters. The third kappa shape index (κ3) is 2.99. The molecule has 3 aliphatic heterocycles. The molecule has 2 bridgehead atoms. The molecule has 1 N–H and O–H groups in total. The Labute approximate surface area is 154 Å². The lowest BCUT2D eigenvalue weighted by molar-refractivity contribution is -0.000615. The summed E-state index contributed by atoms with van der Waals surface area (Å²) in [5.74, 6) is 0.637. The number of allylic oxidation sites excluding steroid dienone is 6. The number of piperidine rings is 1. The summed E-state index contributed by atoms with van der Waals surface area (Å²) in [6, 6.07) is 5.42. The van der Waals surface area contributed by atoms with Gasteiger partial charge in [-0.1, -0.05) is 12.2 Å². The van der Waals surface area contributed by atoms with Gasteiger partial charge >= 0.3 is 0 Å². The van der Waals surface area contributed by atoms with Crippen LogP contribution in [-0.4, -0.2) is 23.2 Å². The zero-order valence-corrected chi connectivity index (χ0v) is 15.1. The zero-order valence-electron chi connectivity index (χ0n) is 15.1. The summed E-state index contributed by atoms with van der Waals surface area (Å²) in [5, 5.41) is 3.66. The van der Waals surface area contributed by atoms with Gasteiger partial charge in [-0.3, -0.25) is 4.98 Å². The third-order valence-corrected chi connectivity index (χ3v) is 5.75. The van der Waals surface area contributed by atoms with Crippen LogP contribution in [0.4, 0.5) is 0 Å². The zero-order chi connectivity index (χ0) is 17.5. The van der Waals surface area contributed by atoms with E-state index in [1.807, 2.05) is 19.4 Å². The maximum Gasteiger partial charge on any atom is 0.284 e. The molecule has 2 fully saturated rings. The summed E-state index contributed by atoms with van der Waals surface area (Å²) < 4.78 is 12.1. The molecule has 5 rings (SSSR count). The average molecular weight is 348 g/mol. The van der Waals surface area contributed by atoms with Gasteiger partial charge in [0.1, 0.15) is 12.4 Å². The van der Waals surface area contributed by atoms with Crippen molar-refractivity contribution in [2.75, 3.05) is 0 Å². The summed E-state index contributed by atoms with van der Waals surface area (Å²) in [6.07, 6.45) is 16.1. The SMILES string of the molecule is Cc1cc(C2=CCC=C3C=C(OC4C[C@H]5CC[C@@H](C4)N5)OC=C32)ccn1. The lowest BCUT2D eigenvalue weighted by Crippen LogP contribution is -2.41. The number of hydrogen-bond acceptors (Lipinski definition) is 4. The number of pyridine rings is 1. The first-order chi connectivity index (χ1) is 12.7. The summed E-state index contributed by atoms with van der Waals surface area (Å²) >= 11 is 0. The van der Waals surface area contributed by atoms with Gasteiger partial charge in [0.25, 0.3) is 5.95 Å². The smallest absolute Gasteiger partial charge is 0.284 e. The van der Waals surface area contributed by atoms with Gasteiger partial charge in [-0.05, 0) is 67.9 Å². The highest BCUT2D eigenvalue weighted by Crippen LogP contribution is 2.38. The van der Waals surface area contributed by atoms with E-state index >= 15 is 0 Å². The first-order valence-electron chi connectivity index (χ1n) is 9.60. The molecule has 4 nitrogen and oxygen atoms in total. The number of aryl methyl sites for hydroxylation is 1. The maximum absolute atomic E-state index is 6.21.